The molecule has 0 radical (unpaired) electrons. The van der Waals surface area contributed by atoms with Gasteiger partial charge in [-0.3, -0.25) is 4.79 Å². The second-order valence-electron chi connectivity index (χ2n) is 6.85. The average Bonchev–Trinajstić information content (AvgIpc) is 2.45. The smallest absolute Gasteiger partial charge is 0.317 e. The van der Waals surface area contributed by atoms with Crippen molar-refractivity contribution in [1.29, 1.82) is 0 Å². The number of carbonyl (C=O) groups is 2. The van der Waals surface area contributed by atoms with Crippen LogP contribution in [-0.4, -0.2) is 41.1 Å². The van der Waals surface area contributed by atoms with Crippen LogP contribution in [0.5, 0.6) is 0 Å². The molecule has 5 heteroatoms. The van der Waals surface area contributed by atoms with Crippen molar-refractivity contribution in [3.8, 4) is 0 Å². The number of nitrogens with one attached hydrogen (secondary N) is 1. The highest BCUT2D eigenvalue weighted by molar-refractivity contribution is 5.75. The first-order valence-electron chi connectivity index (χ1n) is 8.26. The summed E-state index contributed by atoms with van der Waals surface area (Å²) in [6, 6.07) is 0.250. The average molecular weight is 296 g/mol. The molecule has 2 N–H and O–H groups in total. The SMILES string of the molecule is CC1CCN(C(=O)NCC2CCCCC2C(=O)O)C(C)C1. The minimum absolute atomic E-state index is 0.0240. The highest BCUT2D eigenvalue weighted by Crippen LogP contribution is 2.30. The van der Waals surface area contributed by atoms with Gasteiger partial charge in [0.1, 0.15) is 0 Å². The van der Waals surface area contributed by atoms with Crippen LogP contribution in [0.3, 0.4) is 0 Å². The molecule has 21 heavy (non-hydrogen) atoms. The Morgan fingerprint density at radius 2 is 1.90 bits per heavy atom. The minimum atomic E-state index is -0.714. The molecule has 5 nitrogen and oxygen atoms in total. The van der Waals surface area contributed by atoms with Crippen LogP contribution in [0, 0.1) is 17.8 Å². The van der Waals surface area contributed by atoms with E-state index in [1.165, 1.54) is 0 Å². The van der Waals surface area contributed by atoms with Gasteiger partial charge in [-0.1, -0.05) is 19.8 Å². The fourth-order valence-corrected chi connectivity index (χ4v) is 3.81. The van der Waals surface area contributed by atoms with Crippen molar-refractivity contribution in [2.45, 2.75) is 58.4 Å². The number of carbonyl (C=O) groups excluding carboxylic acids is 1. The summed E-state index contributed by atoms with van der Waals surface area (Å²) in [5.74, 6) is -0.245. The van der Waals surface area contributed by atoms with Gasteiger partial charge in [-0.2, -0.15) is 0 Å². The fourth-order valence-electron chi connectivity index (χ4n) is 3.81. The van der Waals surface area contributed by atoms with Gasteiger partial charge < -0.3 is 15.3 Å². The van der Waals surface area contributed by atoms with Crippen molar-refractivity contribution in [3.63, 3.8) is 0 Å². The lowest BCUT2D eigenvalue weighted by Gasteiger charge is -2.37. The number of carboxylic acids is 1. The predicted octanol–water partition coefficient (Wildman–Crippen LogP) is 2.71. The van der Waals surface area contributed by atoms with Crippen LogP contribution in [0.15, 0.2) is 0 Å². The van der Waals surface area contributed by atoms with Crippen LogP contribution >= 0.6 is 0 Å². The number of nitrogens with zero attached hydrogens (tertiary/aromatic N) is 1. The molecule has 0 aromatic heterocycles. The Kier molecular flexibility index (Phi) is 5.48. The number of likely N-dealkylation sites (tertiary alicyclic amines) is 1. The third kappa shape index (κ3) is 4.11. The van der Waals surface area contributed by atoms with Crippen molar-refractivity contribution >= 4 is 12.0 Å². The lowest BCUT2D eigenvalue weighted by Crippen LogP contribution is -2.50. The molecule has 0 aromatic rings. The molecule has 4 unspecified atom stereocenters. The van der Waals surface area contributed by atoms with Crippen LogP contribution in [-0.2, 0) is 4.79 Å². The number of aliphatic carboxylic acids is 1. The zero-order chi connectivity index (χ0) is 15.4. The van der Waals surface area contributed by atoms with Gasteiger partial charge in [0, 0.05) is 19.1 Å². The summed E-state index contributed by atoms with van der Waals surface area (Å²) in [4.78, 5) is 25.5. The van der Waals surface area contributed by atoms with Crippen LogP contribution in [0.1, 0.15) is 52.4 Å². The van der Waals surface area contributed by atoms with Crippen LogP contribution in [0.2, 0.25) is 0 Å². The number of hydrogen-bond acceptors (Lipinski definition) is 2. The summed E-state index contributed by atoms with van der Waals surface area (Å²) < 4.78 is 0. The van der Waals surface area contributed by atoms with E-state index >= 15 is 0 Å². The maximum atomic E-state index is 12.3. The Morgan fingerprint density at radius 3 is 2.57 bits per heavy atom. The van der Waals surface area contributed by atoms with Gasteiger partial charge in [0.05, 0.1) is 5.92 Å². The molecule has 1 heterocycles. The van der Waals surface area contributed by atoms with E-state index in [2.05, 4.69) is 19.2 Å². The Bertz CT molecular complexity index is 386. The first-order chi connectivity index (χ1) is 9.99. The number of piperidine rings is 1. The van der Waals surface area contributed by atoms with E-state index in [0.717, 1.165) is 45.1 Å². The highest BCUT2D eigenvalue weighted by Gasteiger charge is 2.32. The van der Waals surface area contributed by atoms with Crippen molar-refractivity contribution < 1.29 is 14.7 Å². The van der Waals surface area contributed by atoms with E-state index in [4.69, 9.17) is 0 Å². The lowest BCUT2D eigenvalue weighted by molar-refractivity contribution is -0.144. The molecule has 4 atom stereocenters. The van der Waals surface area contributed by atoms with E-state index in [9.17, 15) is 14.7 Å². The summed E-state index contributed by atoms with van der Waals surface area (Å²) in [5.41, 5.74) is 0. The first-order valence-corrected chi connectivity index (χ1v) is 8.26. The van der Waals surface area contributed by atoms with Gasteiger partial charge in [0.25, 0.3) is 0 Å². The van der Waals surface area contributed by atoms with E-state index in [1.54, 1.807) is 0 Å². The largest absolute Gasteiger partial charge is 0.481 e. The van der Waals surface area contributed by atoms with Gasteiger partial charge in [0.2, 0.25) is 0 Å². The third-order valence-corrected chi connectivity index (χ3v) is 5.14. The molecule has 1 aliphatic heterocycles. The predicted molar refractivity (Wildman–Crippen MR) is 81.0 cm³/mol. The monoisotopic (exact) mass is 296 g/mol. The van der Waals surface area contributed by atoms with Crippen molar-refractivity contribution in [2.75, 3.05) is 13.1 Å². The third-order valence-electron chi connectivity index (χ3n) is 5.14. The van der Waals surface area contributed by atoms with Gasteiger partial charge >= 0.3 is 12.0 Å². The molecule has 1 saturated carbocycles. The molecule has 0 spiro atoms. The Balaban J connectivity index is 1.84. The number of urea groups is 1. The quantitative estimate of drug-likeness (QED) is 0.841. The molecule has 0 aromatic carbocycles. The van der Waals surface area contributed by atoms with Gasteiger partial charge in [-0.25, -0.2) is 4.79 Å². The Hall–Kier alpha value is -1.26. The summed E-state index contributed by atoms with van der Waals surface area (Å²) in [5, 5.41) is 12.2. The van der Waals surface area contributed by atoms with E-state index < -0.39 is 5.97 Å². The van der Waals surface area contributed by atoms with Crippen LogP contribution in [0.4, 0.5) is 4.79 Å². The summed E-state index contributed by atoms with van der Waals surface area (Å²) in [6.07, 6.45) is 5.81. The first kappa shape index (κ1) is 16.1. The summed E-state index contributed by atoms with van der Waals surface area (Å²) in [6.45, 7) is 5.62. The topological polar surface area (TPSA) is 69.6 Å². The zero-order valence-electron chi connectivity index (χ0n) is 13.2. The molecule has 1 aliphatic carbocycles. The molecule has 2 rings (SSSR count). The molecule has 2 fully saturated rings. The maximum absolute atomic E-state index is 12.3. The van der Waals surface area contributed by atoms with Crippen LogP contribution in [0.25, 0.3) is 0 Å². The normalized spacial score (nSPS) is 33.5. The maximum Gasteiger partial charge on any atom is 0.317 e. The molecule has 2 amide bonds. The second kappa shape index (κ2) is 7.14. The molecule has 1 saturated heterocycles. The number of carboxylic acid groups (broad SMARTS) is 1. The molecule has 120 valence electrons. The number of hydrogen-bond donors (Lipinski definition) is 2. The second-order valence-corrected chi connectivity index (χ2v) is 6.85. The van der Waals surface area contributed by atoms with Gasteiger partial charge in [-0.15, -0.1) is 0 Å². The van der Waals surface area contributed by atoms with Gasteiger partial charge in [0.15, 0.2) is 0 Å². The Morgan fingerprint density at radius 1 is 1.19 bits per heavy atom. The van der Waals surface area contributed by atoms with Crippen molar-refractivity contribution in [2.24, 2.45) is 17.8 Å². The van der Waals surface area contributed by atoms with Gasteiger partial charge in [-0.05, 0) is 44.4 Å². The fraction of sp³-hybridized carbons (Fsp3) is 0.875. The minimum Gasteiger partial charge on any atom is -0.481 e. The Labute approximate surface area is 127 Å². The summed E-state index contributed by atoms with van der Waals surface area (Å²) in [7, 11) is 0. The van der Waals surface area contributed by atoms with Crippen molar-refractivity contribution in [3.05, 3.63) is 0 Å². The van der Waals surface area contributed by atoms with Crippen LogP contribution < -0.4 is 5.32 Å². The molecule has 2 aliphatic rings. The van der Waals surface area contributed by atoms with E-state index in [0.29, 0.717) is 12.5 Å². The number of rotatable bonds is 3. The molecular formula is C16H28N2O3. The molecule has 0 bridgehead atoms. The lowest BCUT2D eigenvalue weighted by atomic mass is 9.79. The summed E-state index contributed by atoms with van der Waals surface area (Å²) >= 11 is 0. The molecular weight excluding hydrogens is 268 g/mol. The van der Waals surface area contributed by atoms with Crippen molar-refractivity contribution in [1.82, 2.24) is 10.2 Å². The zero-order valence-corrected chi connectivity index (χ0v) is 13.2. The van der Waals surface area contributed by atoms with E-state index in [1.807, 2.05) is 4.90 Å². The standard InChI is InChI=1S/C16H28N2O3/c1-11-7-8-18(12(2)9-11)16(21)17-10-13-5-3-4-6-14(13)15(19)20/h11-14H,3-10H2,1-2H3,(H,17,21)(H,19,20). The highest BCUT2D eigenvalue weighted by atomic mass is 16.4. The van der Waals surface area contributed by atoms with E-state index in [-0.39, 0.29) is 23.9 Å². The number of amides is 2.